The molecule has 0 saturated heterocycles. The predicted octanol–water partition coefficient (Wildman–Crippen LogP) is 2.11. The maximum absolute atomic E-state index is 10.5. The Morgan fingerprint density at radius 1 is 1.21 bits per heavy atom. The summed E-state index contributed by atoms with van der Waals surface area (Å²) in [6.07, 6.45) is 0.356. The van der Waals surface area contributed by atoms with Crippen molar-refractivity contribution in [3.8, 4) is 11.5 Å². The minimum Gasteiger partial charge on any atom is -0.486 e. The molecule has 1 aliphatic rings. The van der Waals surface area contributed by atoms with Gasteiger partial charge in [0.05, 0.1) is 6.10 Å². The molecule has 0 spiro atoms. The summed E-state index contributed by atoms with van der Waals surface area (Å²) in [5, 5.41) is 10.5. The van der Waals surface area contributed by atoms with Crippen LogP contribution in [0, 0.1) is 11.8 Å². The van der Waals surface area contributed by atoms with Gasteiger partial charge in [-0.1, -0.05) is 19.9 Å². The quantitative estimate of drug-likeness (QED) is 0.856. The van der Waals surface area contributed by atoms with Crippen LogP contribution in [-0.2, 0) is 0 Å². The summed E-state index contributed by atoms with van der Waals surface area (Å²) in [6, 6.07) is 5.61. The molecular weight excluding hydrogens is 242 g/mol. The highest BCUT2D eigenvalue weighted by atomic mass is 16.6. The Kier molecular flexibility index (Phi) is 4.66. The van der Waals surface area contributed by atoms with Crippen LogP contribution in [0.4, 0.5) is 0 Å². The summed E-state index contributed by atoms with van der Waals surface area (Å²) in [5.41, 5.74) is 6.63. The lowest BCUT2D eigenvalue weighted by molar-refractivity contribution is 0.0984. The lowest BCUT2D eigenvalue weighted by Crippen LogP contribution is -2.24. The molecule has 1 aromatic rings. The first-order valence-corrected chi connectivity index (χ1v) is 6.89. The van der Waals surface area contributed by atoms with E-state index in [1.54, 1.807) is 0 Å². The summed E-state index contributed by atoms with van der Waals surface area (Å²) in [5.74, 6) is 2.04. The number of hydrogen-bond acceptors (Lipinski definition) is 4. The Morgan fingerprint density at radius 2 is 1.89 bits per heavy atom. The van der Waals surface area contributed by atoms with Crippen molar-refractivity contribution >= 4 is 0 Å². The Labute approximate surface area is 114 Å². The van der Waals surface area contributed by atoms with E-state index >= 15 is 0 Å². The van der Waals surface area contributed by atoms with Crippen LogP contribution in [0.15, 0.2) is 18.2 Å². The van der Waals surface area contributed by atoms with Crippen LogP contribution in [0.5, 0.6) is 11.5 Å². The van der Waals surface area contributed by atoms with Crippen LogP contribution in [-0.4, -0.2) is 24.9 Å². The van der Waals surface area contributed by atoms with E-state index in [1.807, 2.05) is 18.2 Å². The van der Waals surface area contributed by atoms with Crippen LogP contribution in [0.1, 0.15) is 31.9 Å². The lowest BCUT2D eigenvalue weighted by atomic mass is 9.88. The third-order valence-electron chi connectivity index (χ3n) is 3.43. The van der Waals surface area contributed by atoms with Crippen LogP contribution < -0.4 is 15.2 Å². The monoisotopic (exact) mass is 265 g/mol. The van der Waals surface area contributed by atoms with Crippen molar-refractivity contribution < 1.29 is 14.6 Å². The van der Waals surface area contributed by atoms with Gasteiger partial charge in [-0.2, -0.15) is 0 Å². The zero-order valence-corrected chi connectivity index (χ0v) is 11.6. The van der Waals surface area contributed by atoms with Crippen LogP contribution >= 0.6 is 0 Å². The van der Waals surface area contributed by atoms with E-state index in [2.05, 4.69) is 13.8 Å². The molecule has 1 heterocycles. The number of rotatable bonds is 5. The fourth-order valence-corrected chi connectivity index (χ4v) is 2.48. The van der Waals surface area contributed by atoms with E-state index in [1.165, 1.54) is 0 Å². The van der Waals surface area contributed by atoms with E-state index in [0.717, 1.165) is 17.7 Å². The molecule has 0 saturated carbocycles. The van der Waals surface area contributed by atoms with E-state index in [0.29, 0.717) is 31.4 Å². The molecule has 2 unspecified atom stereocenters. The molecule has 2 atom stereocenters. The summed E-state index contributed by atoms with van der Waals surface area (Å²) < 4.78 is 11.0. The van der Waals surface area contributed by atoms with Crippen molar-refractivity contribution in [2.45, 2.75) is 26.4 Å². The third-order valence-corrected chi connectivity index (χ3v) is 3.43. The average molecular weight is 265 g/mol. The smallest absolute Gasteiger partial charge is 0.161 e. The highest BCUT2D eigenvalue weighted by Crippen LogP contribution is 2.35. The number of benzene rings is 1. The molecule has 2 rings (SSSR count). The topological polar surface area (TPSA) is 64.7 Å². The molecule has 0 amide bonds. The van der Waals surface area contributed by atoms with Gasteiger partial charge in [-0.05, 0) is 36.6 Å². The van der Waals surface area contributed by atoms with Crippen LogP contribution in [0.25, 0.3) is 0 Å². The number of hydrogen-bond donors (Lipinski definition) is 2. The minimum absolute atomic E-state index is 0.0718. The summed E-state index contributed by atoms with van der Waals surface area (Å²) in [7, 11) is 0. The molecule has 3 N–H and O–H groups in total. The third kappa shape index (κ3) is 3.39. The second-order valence-electron chi connectivity index (χ2n) is 5.47. The highest BCUT2D eigenvalue weighted by Gasteiger charge is 2.22. The van der Waals surface area contributed by atoms with Crippen LogP contribution in [0.2, 0.25) is 0 Å². The Balaban J connectivity index is 2.15. The molecule has 0 aliphatic carbocycles. The van der Waals surface area contributed by atoms with Gasteiger partial charge in [-0.25, -0.2) is 0 Å². The van der Waals surface area contributed by atoms with Gasteiger partial charge in [0.25, 0.3) is 0 Å². The fourth-order valence-electron chi connectivity index (χ4n) is 2.48. The van der Waals surface area contributed by atoms with Gasteiger partial charge in [-0.3, -0.25) is 0 Å². The van der Waals surface area contributed by atoms with Gasteiger partial charge in [0.1, 0.15) is 13.2 Å². The maximum atomic E-state index is 10.5. The highest BCUT2D eigenvalue weighted by molar-refractivity contribution is 5.44. The zero-order chi connectivity index (χ0) is 13.8. The lowest BCUT2D eigenvalue weighted by Gasteiger charge is -2.25. The first-order chi connectivity index (χ1) is 9.11. The molecule has 19 heavy (non-hydrogen) atoms. The molecule has 0 aromatic heterocycles. The Morgan fingerprint density at radius 3 is 2.53 bits per heavy atom. The first-order valence-electron chi connectivity index (χ1n) is 6.89. The number of fused-ring (bicyclic) bond motifs is 1. The second-order valence-corrected chi connectivity index (χ2v) is 5.47. The standard InChI is InChI=1S/C15H23NO3/c1-10(2)7-12(9-16)15(17)11-3-4-13-14(8-11)19-6-5-18-13/h3-4,8,10,12,15,17H,5-7,9,16H2,1-2H3. The van der Waals surface area contributed by atoms with Crippen molar-refractivity contribution in [3.05, 3.63) is 23.8 Å². The normalized spacial score (nSPS) is 17.3. The number of ether oxygens (including phenoxy) is 2. The number of aliphatic hydroxyl groups is 1. The Hall–Kier alpha value is -1.26. The molecule has 0 bridgehead atoms. The molecule has 1 aromatic carbocycles. The van der Waals surface area contributed by atoms with Gasteiger partial charge < -0.3 is 20.3 Å². The maximum Gasteiger partial charge on any atom is 0.161 e. The minimum atomic E-state index is -0.553. The fraction of sp³-hybridized carbons (Fsp3) is 0.600. The Bertz CT molecular complexity index is 420. The van der Waals surface area contributed by atoms with Crippen molar-refractivity contribution in [3.63, 3.8) is 0 Å². The molecule has 1 aliphatic heterocycles. The van der Waals surface area contributed by atoms with E-state index in [-0.39, 0.29) is 5.92 Å². The van der Waals surface area contributed by atoms with Gasteiger partial charge >= 0.3 is 0 Å². The van der Waals surface area contributed by atoms with Gasteiger partial charge in [0.2, 0.25) is 0 Å². The summed E-state index contributed by atoms with van der Waals surface area (Å²) >= 11 is 0. The predicted molar refractivity (Wildman–Crippen MR) is 74.4 cm³/mol. The number of nitrogens with two attached hydrogens (primary N) is 1. The molecular formula is C15H23NO3. The number of aliphatic hydroxyl groups excluding tert-OH is 1. The molecule has 4 heteroatoms. The van der Waals surface area contributed by atoms with Gasteiger partial charge in [0, 0.05) is 5.92 Å². The molecule has 0 fully saturated rings. The van der Waals surface area contributed by atoms with Crippen molar-refractivity contribution in [1.82, 2.24) is 0 Å². The first kappa shape index (κ1) is 14.2. The summed E-state index contributed by atoms with van der Waals surface area (Å²) in [4.78, 5) is 0. The SMILES string of the molecule is CC(C)CC(CN)C(O)c1ccc2c(c1)OCCO2. The van der Waals surface area contributed by atoms with Crippen molar-refractivity contribution in [1.29, 1.82) is 0 Å². The van der Waals surface area contributed by atoms with Crippen LogP contribution in [0.3, 0.4) is 0 Å². The van der Waals surface area contributed by atoms with E-state index in [4.69, 9.17) is 15.2 Å². The van der Waals surface area contributed by atoms with Crippen molar-refractivity contribution in [2.75, 3.05) is 19.8 Å². The van der Waals surface area contributed by atoms with Crippen molar-refractivity contribution in [2.24, 2.45) is 17.6 Å². The zero-order valence-electron chi connectivity index (χ0n) is 11.6. The van der Waals surface area contributed by atoms with E-state index in [9.17, 15) is 5.11 Å². The molecule has 4 nitrogen and oxygen atoms in total. The van der Waals surface area contributed by atoms with Gasteiger partial charge in [-0.15, -0.1) is 0 Å². The largest absolute Gasteiger partial charge is 0.486 e. The molecule has 106 valence electrons. The molecule has 0 radical (unpaired) electrons. The summed E-state index contributed by atoms with van der Waals surface area (Å²) in [6.45, 7) is 5.89. The second kappa shape index (κ2) is 6.26. The average Bonchev–Trinajstić information content (AvgIpc) is 2.43. The van der Waals surface area contributed by atoms with E-state index < -0.39 is 6.10 Å². The van der Waals surface area contributed by atoms with Gasteiger partial charge in [0.15, 0.2) is 11.5 Å².